The number of amides is 2. The second kappa shape index (κ2) is 9.93. The van der Waals surface area contributed by atoms with Crippen LogP contribution < -0.4 is 15.5 Å². The number of carbonyl (C=O) groups is 2. The molecule has 2 heterocycles. The number of hydrogen-bond acceptors (Lipinski definition) is 5. The fraction of sp³-hybridized carbons (Fsp3) is 0.462. The summed E-state index contributed by atoms with van der Waals surface area (Å²) in [6, 6.07) is 12.4. The molecule has 1 fully saturated rings. The molecule has 0 radical (unpaired) electrons. The molecule has 2 N–H and O–H groups in total. The average Bonchev–Trinajstić information content (AvgIpc) is 3.14. The number of likely N-dealkylation sites (N-methyl/N-ethyl adjacent to an activating group) is 2. The zero-order chi connectivity index (χ0) is 23.5. The van der Waals surface area contributed by atoms with Crippen molar-refractivity contribution in [1.82, 2.24) is 15.1 Å². The quantitative estimate of drug-likeness (QED) is 0.686. The third-order valence-corrected chi connectivity index (χ3v) is 6.74. The number of anilines is 2. The summed E-state index contributed by atoms with van der Waals surface area (Å²) in [6.45, 7) is 9.22. The predicted molar refractivity (Wildman–Crippen MR) is 133 cm³/mol. The first-order valence-electron chi connectivity index (χ1n) is 11.7. The van der Waals surface area contributed by atoms with E-state index in [1.807, 2.05) is 32.0 Å². The Morgan fingerprint density at radius 1 is 0.909 bits per heavy atom. The molecule has 2 aliphatic heterocycles. The van der Waals surface area contributed by atoms with Gasteiger partial charge in [-0.1, -0.05) is 18.2 Å². The molecule has 0 aliphatic carbocycles. The van der Waals surface area contributed by atoms with E-state index in [9.17, 15) is 9.59 Å². The first-order valence-corrected chi connectivity index (χ1v) is 11.7. The summed E-state index contributed by atoms with van der Waals surface area (Å²) in [5.74, 6) is -1.23. The second-order valence-corrected chi connectivity index (χ2v) is 9.46. The van der Waals surface area contributed by atoms with Gasteiger partial charge in [0.05, 0.1) is 6.04 Å². The molecule has 1 atom stereocenters. The highest BCUT2D eigenvalue weighted by atomic mass is 16.2. The first-order chi connectivity index (χ1) is 15.8. The predicted octanol–water partition coefficient (Wildman–Crippen LogP) is 2.34. The molecule has 0 bridgehead atoms. The number of aryl methyl sites for hydroxylation is 2. The van der Waals surface area contributed by atoms with E-state index >= 15 is 0 Å². The molecule has 2 aromatic rings. The van der Waals surface area contributed by atoms with Gasteiger partial charge >= 0.3 is 11.8 Å². The van der Waals surface area contributed by atoms with Gasteiger partial charge in [0.1, 0.15) is 0 Å². The van der Waals surface area contributed by atoms with Gasteiger partial charge in [-0.25, -0.2) is 0 Å². The minimum Gasteiger partial charge on any atom is -0.374 e. The van der Waals surface area contributed by atoms with Crippen LogP contribution in [0.5, 0.6) is 0 Å². The Kier molecular flexibility index (Phi) is 7.00. The Morgan fingerprint density at radius 2 is 1.61 bits per heavy atom. The summed E-state index contributed by atoms with van der Waals surface area (Å²) in [4.78, 5) is 32.2. The summed E-state index contributed by atoms with van der Waals surface area (Å²) in [7, 11) is 4.26. The largest absolute Gasteiger partial charge is 0.374 e. The zero-order valence-electron chi connectivity index (χ0n) is 20.1. The second-order valence-electron chi connectivity index (χ2n) is 9.46. The molecule has 0 unspecified atom stereocenters. The molecular weight excluding hydrogens is 414 g/mol. The lowest BCUT2D eigenvalue weighted by Gasteiger charge is -2.38. The highest BCUT2D eigenvalue weighted by Crippen LogP contribution is 2.31. The number of carbonyl (C=O) groups excluding carboxylic acids is 2. The van der Waals surface area contributed by atoms with Gasteiger partial charge in [0, 0.05) is 57.7 Å². The van der Waals surface area contributed by atoms with E-state index in [0.717, 1.165) is 50.3 Å². The molecule has 7 nitrogen and oxygen atoms in total. The molecule has 2 amide bonds. The molecule has 33 heavy (non-hydrogen) atoms. The van der Waals surface area contributed by atoms with Crippen LogP contribution >= 0.6 is 0 Å². The third kappa shape index (κ3) is 5.54. The zero-order valence-corrected chi connectivity index (χ0v) is 20.1. The van der Waals surface area contributed by atoms with Crippen molar-refractivity contribution in [2.75, 3.05) is 63.6 Å². The number of nitrogens with one attached hydrogen (secondary N) is 2. The maximum atomic E-state index is 12.7. The molecule has 0 spiro atoms. The van der Waals surface area contributed by atoms with E-state index < -0.39 is 11.8 Å². The van der Waals surface area contributed by atoms with Crippen molar-refractivity contribution in [2.24, 2.45) is 0 Å². The van der Waals surface area contributed by atoms with Gasteiger partial charge in [-0.05, 0) is 67.8 Å². The molecule has 0 aromatic heterocycles. The Labute approximate surface area is 196 Å². The number of fused-ring (bicyclic) bond motifs is 1. The Balaban J connectivity index is 1.46. The van der Waals surface area contributed by atoms with Gasteiger partial charge in [0.25, 0.3) is 0 Å². The summed E-state index contributed by atoms with van der Waals surface area (Å²) in [5, 5.41) is 5.63. The fourth-order valence-corrected chi connectivity index (χ4v) is 4.89. The van der Waals surface area contributed by atoms with Crippen LogP contribution in [0.3, 0.4) is 0 Å². The van der Waals surface area contributed by atoms with E-state index in [1.54, 1.807) is 0 Å². The standard InChI is InChI=1S/C26H35N5O2/c1-18-13-19(2)15-22(14-18)28-26(33)25(32)27-17-24(31-11-9-29(3)10-12-31)20-5-6-23-21(16-20)7-8-30(23)4/h5-6,13-16,24H,7-12,17H2,1-4H3,(H,27,32)(H,28,33)/t24-/m1/s1. The number of benzene rings is 2. The first kappa shape index (κ1) is 23.3. The van der Waals surface area contributed by atoms with E-state index in [1.165, 1.54) is 16.8 Å². The van der Waals surface area contributed by atoms with Crippen LogP contribution in [0.25, 0.3) is 0 Å². The van der Waals surface area contributed by atoms with E-state index in [-0.39, 0.29) is 6.04 Å². The molecule has 2 aromatic carbocycles. The van der Waals surface area contributed by atoms with Crippen LogP contribution in [0, 0.1) is 13.8 Å². The smallest absolute Gasteiger partial charge is 0.313 e. The maximum absolute atomic E-state index is 12.7. The minimum atomic E-state index is -0.632. The number of hydrogen-bond donors (Lipinski definition) is 2. The molecule has 7 heteroatoms. The van der Waals surface area contributed by atoms with Crippen molar-refractivity contribution in [3.63, 3.8) is 0 Å². The Hall–Kier alpha value is -2.90. The van der Waals surface area contributed by atoms with Gasteiger partial charge in [0.15, 0.2) is 0 Å². The third-order valence-electron chi connectivity index (χ3n) is 6.74. The van der Waals surface area contributed by atoms with Crippen molar-refractivity contribution in [2.45, 2.75) is 26.3 Å². The minimum absolute atomic E-state index is 0.0351. The van der Waals surface area contributed by atoms with Crippen molar-refractivity contribution >= 4 is 23.2 Å². The number of rotatable bonds is 5. The molecule has 0 saturated carbocycles. The SMILES string of the molecule is Cc1cc(C)cc(NC(=O)C(=O)NC[C@H](c2ccc3c(c2)CCN3C)N2CCN(C)CC2)c1. The lowest BCUT2D eigenvalue weighted by Crippen LogP contribution is -2.49. The summed E-state index contributed by atoms with van der Waals surface area (Å²) >= 11 is 0. The molecule has 1 saturated heterocycles. The monoisotopic (exact) mass is 449 g/mol. The molecule has 176 valence electrons. The lowest BCUT2D eigenvalue weighted by molar-refractivity contribution is -0.136. The maximum Gasteiger partial charge on any atom is 0.313 e. The van der Waals surface area contributed by atoms with Crippen molar-refractivity contribution in [3.05, 3.63) is 58.7 Å². The Morgan fingerprint density at radius 3 is 2.30 bits per heavy atom. The van der Waals surface area contributed by atoms with Crippen molar-refractivity contribution in [3.8, 4) is 0 Å². The van der Waals surface area contributed by atoms with E-state index in [0.29, 0.717) is 12.2 Å². The normalized spacial score (nSPS) is 17.5. The molecule has 2 aliphatic rings. The van der Waals surface area contributed by atoms with Crippen molar-refractivity contribution in [1.29, 1.82) is 0 Å². The van der Waals surface area contributed by atoms with E-state index in [4.69, 9.17) is 0 Å². The van der Waals surface area contributed by atoms with Crippen LogP contribution in [-0.4, -0.2) is 75.0 Å². The van der Waals surface area contributed by atoms with Crippen LogP contribution in [-0.2, 0) is 16.0 Å². The molecule has 4 rings (SSSR count). The average molecular weight is 450 g/mol. The van der Waals surface area contributed by atoms with Gasteiger partial charge in [-0.15, -0.1) is 0 Å². The van der Waals surface area contributed by atoms with Crippen LogP contribution in [0.2, 0.25) is 0 Å². The summed E-state index contributed by atoms with van der Waals surface area (Å²) in [6.07, 6.45) is 1.04. The van der Waals surface area contributed by atoms with Gasteiger partial charge < -0.3 is 20.4 Å². The van der Waals surface area contributed by atoms with Crippen LogP contribution in [0.1, 0.15) is 28.3 Å². The van der Waals surface area contributed by atoms with E-state index in [2.05, 4.69) is 57.6 Å². The van der Waals surface area contributed by atoms with Crippen LogP contribution in [0.4, 0.5) is 11.4 Å². The highest BCUT2D eigenvalue weighted by molar-refractivity contribution is 6.39. The fourth-order valence-electron chi connectivity index (χ4n) is 4.89. The van der Waals surface area contributed by atoms with Gasteiger partial charge in [0.2, 0.25) is 0 Å². The lowest BCUT2D eigenvalue weighted by atomic mass is 10.00. The summed E-state index contributed by atoms with van der Waals surface area (Å²) < 4.78 is 0. The molecular formula is C26H35N5O2. The Bertz CT molecular complexity index is 1010. The van der Waals surface area contributed by atoms with Crippen molar-refractivity contribution < 1.29 is 9.59 Å². The topological polar surface area (TPSA) is 67.9 Å². The highest BCUT2D eigenvalue weighted by Gasteiger charge is 2.27. The summed E-state index contributed by atoms with van der Waals surface area (Å²) in [5.41, 5.74) is 6.57. The number of nitrogens with zero attached hydrogens (tertiary/aromatic N) is 3. The van der Waals surface area contributed by atoms with Gasteiger partial charge in [-0.2, -0.15) is 0 Å². The van der Waals surface area contributed by atoms with Gasteiger partial charge in [-0.3, -0.25) is 14.5 Å². The number of piperazine rings is 1. The van der Waals surface area contributed by atoms with Crippen LogP contribution in [0.15, 0.2) is 36.4 Å².